The number of nitro benzene ring substituents is 1. The molecular formula is C13H18BrNO3. The van der Waals surface area contributed by atoms with Crippen LogP contribution in [0.2, 0.25) is 0 Å². The zero-order chi connectivity index (χ0) is 13.5. The Labute approximate surface area is 116 Å². The van der Waals surface area contributed by atoms with Gasteiger partial charge in [0.2, 0.25) is 0 Å². The second-order valence-corrected chi connectivity index (χ2v) is 5.22. The topological polar surface area (TPSA) is 52.4 Å². The number of nitro groups is 1. The second kappa shape index (κ2) is 7.36. The molecular weight excluding hydrogens is 298 g/mol. The summed E-state index contributed by atoms with van der Waals surface area (Å²) in [6, 6.07) is 4.70. The summed E-state index contributed by atoms with van der Waals surface area (Å²) in [7, 11) is 0. The number of ether oxygens (including phenoxy) is 1. The molecule has 0 saturated carbocycles. The number of non-ortho nitro benzene ring substituents is 1. The van der Waals surface area contributed by atoms with Gasteiger partial charge >= 0.3 is 0 Å². The zero-order valence-corrected chi connectivity index (χ0v) is 12.3. The number of hydrogen-bond acceptors (Lipinski definition) is 3. The Kier molecular flexibility index (Phi) is 6.12. The van der Waals surface area contributed by atoms with Crippen molar-refractivity contribution in [1.29, 1.82) is 0 Å². The van der Waals surface area contributed by atoms with Gasteiger partial charge in [0.25, 0.3) is 5.69 Å². The Hall–Kier alpha value is -1.10. The van der Waals surface area contributed by atoms with Crippen LogP contribution in [0.15, 0.2) is 18.2 Å². The maximum atomic E-state index is 10.7. The van der Waals surface area contributed by atoms with Gasteiger partial charge in [0.1, 0.15) is 5.75 Å². The third kappa shape index (κ3) is 4.64. The first kappa shape index (κ1) is 15.0. The minimum atomic E-state index is -0.403. The summed E-state index contributed by atoms with van der Waals surface area (Å²) in [4.78, 5) is 10.3. The van der Waals surface area contributed by atoms with E-state index in [1.54, 1.807) is 6.07 Å². The molecule has 0 aromatic heterocycles. The summed E-state index contributed by atoms with van der Waals surface area (Å²) in [5.41, 5.74) is 0.998. The zero-order valence-electron chi connectivity index (χ0n) is 10.7. The van der Waals surface area contributed by atoms with Crippen molar-refractivity contribution in [1.82, 2.24) is 0 Å². The van der Waals surface area contributed by atoms with E-state index in [9.17, 15) is 10.1 Å². The Morgan fingerprint density at radius 2 is 2.17 bits per heavy atom. The van der Waals surface area contributed by atoms with E-state index in [0.717, 1.165) is 23.7 Å². The van der Waals surface area contributed by atoms with Gasteiger partial charge in [-0.3, -0.25) is 10.1 Å². The number of rotatable bonds is 7. The van der Waals surface area contributed by atoms with Crippen molar-refractivity contribution in [3.63, 3.8) is 0 Å². The van der Waals surface area contributed by atoms with Crippen LogP contribution in [0.4, 0.5) is 5.69 Å². The Morgan fingerprint density at radius 1 is 1.44 bits per heavy atom. The van der Waals surface area contributed by atoms with Crippen molar-refractivity contribution in [2.24, 2.45) is 5.92 Å². The highest BCUT2D eigenvalue weighted by molar-refractivity contribution is 9.09. The van der Waals surface area contributed by atoms with E-state index in [4.69, 9.17) is 4.74 Å². The van der Waals surface area contributed by atoms with Crippen molar-refractivity contribution in [3.05, 3.63) is 33.9 Å². The summed E-state index contributed by atoms with van der Waals surface area (Å²) < 4.78 is 5.62. The minimum absolute atomic E-state index is 0.0732. The number of halogens is 1. The summed E-state index contributed by atoms with van der Waals surface area (Å²) in [6.45, 7) is 4.65. The van der Waals surface area contributed by atoms with Crippen LogP contribution in [0.3, 0.4) is 0 Å². The molecule has 0 fully saturated rings. The van der Waals surface area contributed by atoms with E-state index in [-0.39, 0.29) is 5.69 Å². The van der Waals surface area contributed by atoms with Gasteiger partial charge in [-0.15, -0.1) is 0 Å². The molecule has 0 amide bonds. The molecule has 100 valence electrons. The molecule has 18 heavy (non-hydrogen) atoms. The molecule has 0 radical (unpaired) electrons. The van der Waals surface area contributed by atoms with Crippen LogP contribution in [0.25, 0.3) is 0 Å². The van der Waals surface area contributed by atoms with Gasteiger partial charge in [0.05, 0.1) is 17.6 Å². The monoisotopic (exact) mass is 315 g/mol. The molecule has 1 atom stereocenters. The van der Waals surface area contributed by atoms with Crippen molar-refractivity contribution >= 4 is 21.6 Å². The van der Waals surface area contributed by atoms with Crippen molar-refractivity contribution in [2.75, 3.05) is 11.9 Å². The first-order valence-corrected chi connectivity index (χ1v) is 7.10. The molecule has 0 aliphatic carbocycles. The van der Waals surface area contributed by atoms with E-state index in [1.807, 2.05) is 6.92 Å². The predicted molar refractivity (Wildman–Crippen MR) is 75.5 cm³/mol. The van der Waals surface area contributed by atoms with Crippen molar-refractivity contribution in [2.45, 2.75) is 26.7 Å². The number of hydrogen-bond donors (Lipinski definition) is 0. The summed E-state index contributed by atoms with van der Waals surface area (Å²) in [6.07, 6.45) is 2.06. The van der Waals surface area contributed by atoms with Gasteiger partial charge in [-0.05, 0) is 37.3 Å². The molecule has 0 saturated heterocycles. The van der Waals surface area contributed by atoms with Gasteiger partial charge in [-0.1, -0.05) is 22.9 Å². The molecule has 1 aromatic carbocycles. The normalized spacial score (nSPS) is 12.2. The SMILES string of the molecule is Cc1ccc([N+](=O)[O-])cc1OCCC(C)CCBr. The fourth-order valence-electron chi connectivity index (χ4n) is 1.56. The Balaban J connectivity index is 2.56. The highest BCUT2D eigenvalue weighted by Crippen LogP contribution is 2.24. The van der Waals surface area contributed by atoms with Crippen LogP contribution in [0.5, 0.6) is 5.75 Å². The predicted octanol–water partition coefficient (Wildman–Crippen LogP) is 4.09. The smallest absolute Gasteiger partial charge is 0.273 e. The van der Waals surface area contributed by atoms with Crippen LogP contribution in [-0.2, 0) is 0 Å². The molecule has 4 nitrogen and oxygen atoms in total. The van der Waals surface area contributed by atoms with E-state index < -0.39 is 4.92 Å². The van der Waals surface area contributed by atoms with Crippen LogP contribution in [0.1, 0.15) is 25.3 Å². The van der Waals surface area contributed by atoms with Crippen LogP contribution in [-0.4, -0.2) is 16.9 Å². The maximum absolute atomic E-state index is 10.7. The number of benzene rings is 1. The number of aryl methyl sites for hydroxylation is 1. The molecule has 5 heteroatoms. The lowest BCUT2D eigenvalue weighted by molar-refractivity contribution is -0.384. The quantitative estimate of drug-likeness (QED) is 0.432. The molecule has 1 unspecified atom stereocenters. The van der Waals surface area contributed by atoms with E-state index in [0.29, 0.717) is 18.3 Å². The van der Waals surface area contributed by atoms with Crippen LogP contribution < -0.4 is 4.74 Å². The van der Waals surface area contributed by atoms with Gasteiger partial charge in [-0.25, -0.2) is 0 Å². The third-order valence-electron chi connectivity index (χ3n) is 2.85. The molecule has 0 aliphatic rings. The number of alkyl halides is 1. The molecule has 0 spiro atoms. The average molecular weight is 316 g/mol. The van der Waals surface area contributed by atoms with Gasteiger partial charge in [0, 0.05) is 11.4 Å². The lowest BCUT2D eigenvalue weighted by Crippen LogP contribution is -2.05. The highest BCUT2D eigenvalue weighted by atomic mass is 79.9. The van der Waals surface area contributed by atoms with E-state index in [1.165, 1.54) is 12.1 Å². The van der Waals surface area contributed by atoms with E-state index in [2.05, 4.69) is 22.9 Å². The first-order valence-electron chi connectivity index (χ1n) is 5.98. The van der Waals surface area contributed by atoms with Gasteiger partial charge in [-0.2, -0.15) is 0 Å². The van der Waals surface area contributed by atoms with Gasteiger partial charge in [0.15, 0.2) is 0 Å². The average Bonchev–Trinajstić information content (AvgIpc) is 2.31. The van der Waals surface area contributed by atoms with Crippen LogP contribution in [0, 0.1) is 23.0 Å². The van der Waals surface area contributed by atoms with Gasteiger partial charge < -0.3 is 4.74 Å². The lowest BCUT2D eigenvalue weighted by Gasteiger charge is -2.12. The lowest BCUT2D eigenvalue weighted by atomic mass is 10.1. The molecule has 1 rings (SSSR count). The number of nitrogens with zero attached hydrogens (tertiary/aromatic N) is 1. The maximum Gasteiger partial charge on any atom is 0.273 e. The van der Waals surface area contributed by atoms with Crippen molar-refractivity contribution in [3.8, 4) is 5.75 Å². The molecule has 0 heterocycles. The fraction of sp³-hybridized carbons (Fsp3) is 0.538. The summed E-state index contributed by atoms with van der Waals surface area (Å²) in [5, 5.41) is 11.7. The Morgan fingerprint density at radius 3 is 2.78 bits per heavy atom. The second-order valence-electron chi connectivity index (χ2n) is 4.43. The minimum Gasteiger partial charge on any atom is -0.493 e. The summed E-state index contributed by atoms with van der Waals surface area (Å²) in [5.74, 6) is 1.19. The van der Waals surface area contributed by atoms with E-state index >= 15 is 0 Å². The largest absolute Gasteiger partial charge is 0.493 e. The first-order chi connectivity index (χ1) is 8.54. The Bertz CT molecular complexity index is 409. The molecule has 0 bridgehead atoms. The standard InChI is InChI=1S/C13H18BrNO3/c1-10(5-7-14)6-8-18-13-9-12(15(16)17)4-3-11(13)2/h3-4,9-10H,5-8H2,1-2H3. The molecule has 0 N–H and O–H groups in total. The molecule has 1 aromatic rings. The van der Waals surface area contributed by atoms with Crippen molar-refractivity contribution < 1.29 is 9.66 Å². The summed E-state index contributed by atoms with van der Waals surface area (Å²) >= 11 is 3.41. The third-order valence-corrected chi connectivity index (χ3v) is 3.31. The highest BCUT2D eigenvalue weighted by Gasteiger charge is 2.10. The van der Waals surface area contributed by atoms with Crippen LogP contribution >= 0.6 is 15.9 Å². The molecule has 0 aliphatic heterocycles. The fourth-order valence-corrected chi connectivity index (χ4v) is 2.34.